The highest BCUT2D eigenvalue weighted by molar-refractivity contribution is 5.91. The summed E-state index contributed by atoms with van der Waals surface area (Å²) < 4.78 is 52.4. The van der Waals surface area contributed by atoms with E-state index in [1.165, 1.54) is 18.2 Å². The van der Waals surface area contributed by atoms with Crippen molar-refractivity contribution < 1.29 is 17.6 Å². The van der Waals surface area contributed by atoms with Gasteiger partial charge in [0.2, 0.25) is 0 Å². The van der Waals surface area contributed by atoms with Gasteiger partial charge in [-0.05, 0) is 55.1 Å². The molecule has 0 radical (unpaired) electrons. The average Bonchev–Trinajstić information content (AvgIpc) is 2.95. The third kappa shape index (κ3) is 3.54. The molecule has 0 atom stereocenters. The van der Waals surface area contributed by atoms with Crippen molar-refractivity contribution in [2.45, 2.75) is 25.4 Å². The van der Waals surface area contributed by atoms with Crippen molar-refractivity contribution in [2.75, 3.05) is 6.54 Å². The predicted molar refractivity (Wildman–Crippen MR) is 90.7 cm³/mol. The first-order valence-corrected chi connectivity index (χ1v) is 8.08. The van der Waals surface area contributed by atoms with Gasteiger partial charge in [-0.15, -0.1) is 0 Å². The zero-order chi connectivity index (χ0) is 18.0. The molecule has 0 saturated carbocycles. The molecule has 132 valence electrons. The average molecular weight is 350 g/mol. The lowest BCUT2D eigenvalue weighted by atomic mass is 9.99. The zero-order valence-electron chi connectivity index (χ0n) is 13.5. The van der Waals surface area contributed by atoms with E-state index in [4.69, 9.17) is 5.73 Å². The van der Waals surface area contributed by atoms with Gasteiger partial charge < -0.3 is 10.7 Å². The van der Waals surface area contributed by atoms with Crippen molar-refractivity contribution in [2.24, 2.45) is 5.73 Å². The standard InChI is InChI=1S/C19H18F4N2/c20-16-6-3-5-15-14(4-1-2-11-24)17(25-18(15)16)12-7-9-13(10-8-12)19(21,22)23/h3,5-10,25H,1-2,4,11,24H2. The third-order valence-corrected chi connectivity index (χ3v) is 4.27. The zero-order valence-corrected chi connectivity index (χ0v) is 13.5. The molecule has 1 heterocycles. The molecule has 1 aromatic heterocycles. The minimum Gasteiger partial charge on any atom is -0.352 e. The molecule has 0 unspecified atom stereocenters. The van der Waals surface area contributed by atoms with Gasteiger partial charge in [-0.2, -0.15) is 13.2 Å². The van der Waals surface area contributed by atoms with E-state index >= 15 is 0 Å². The number of rotatable bonds is 5. The summed E-state index contributed by atoms with van der Waals surface area (Å²) in [6.45, 7) is 0.562. The molecular weight excluding hydrogens is 332 g/mol. The second kappa shape index (κ2) is 6.88. The van der Waals surface area contributed by atoms with E-state index in [-0.39, 0.29) is 5.82 Å². The van der Waals surface area contributed by atoms with Gasteiger partial charge in [-0.25, -0.2) is 4.39 Å². The fraction of sp³-hybridized carbons (Fsp3) is 0.263. The summed E-state index contributed by atoms with van der Waals surface area (Å²) in [7, 11) is 0. The number of benzene rings is 2. The topological polar surface area (TPSA) is 41.8 Å². The Bertz CT molecular complexity index is 864. The highest BCUT2D eigenvalue weighted by Crippen LogP contribution is 2.35. The largest absolute Gasteiger partial charge is 0.416 e. The van der Waals surface area contributed by atoms with E-state index in [9.17, 15) is 17.6 Å². The van der Waals surface area contributed by atoms with Crippen molar-refractivity contribution in [1.29, 1.82) is 0 Å². The maximum Gasteiger partial charge on any atom is 0.416 e. The van der Waals surface area contributed by atoms with Crippen LogP contribution in [0.5, 0.6) is 0 Å². The van der Waals surface area contributed by atoms with Crippen LogP contribution in [0.3, 0.4) is 0 Å². The molecule has 0 aliphatic heterocycles. The van der Waals surface area contributed by atoms with Crippen LogP contribution in [0.2, 0.25) is 0 Å². The number of aromatic nitrogens is 1. The van der Waals surface area contributed by atoms with Crippen LogP contribution in [-0.2, 0) is 12.6 Å². The van der Waals surface area contributed by atoms with Gasteiger partial charge in [0.1, 0.15) is 5.82 Å². The van der Waals surface area contributed by atoms with Crippen LogP contribution in [0.1, 0.15) is 24.0 Å². The van der Waals surface area contributed by atoms with Gasteiger partial charge in [0.05, 0.1) is 11.1 Å². The Morgan fingerprint density at radius 1 is 0.960 bits per heavy atom. The minimum absolute atomic E-state index is 0.375. The molecule has 25 heavy (non-hydrogen) atoms. The van der Waals surface area contributed by atoms with Crippen LogP contribution < -0.4 is 5.73 Å². The minimum atomic E-state index is -4.38. The summed E-state index contributed by atoms with van der Waals surface area (Å²) >= 11 is 0. The van der Waals surface area contributed by atoms with Crippen molar-refractivity contribution >= 4 is 10.9 Å². The van der Waals surface area contributed by atoms with Gasteiger partial charge in [-0.3, -0.25) is 0 Å². The van der Waals surface area contributed by atoms with E-state index < -0.39 is 11.7 Å². The highest BCUT2D eigenvalue weighted by atomic mass is 19.4. The SMILES string of the molecule is NCCCCc1c(-c2ccc(C(F)(F)F)cc2)[nH]c2c(F)cccc12. The van der Waals surface area contributed by atoms with Crippen molar-refractivity contribution in [3.8, 4) is 11.3 Å². The van der Waals surface area contributed by atoms with E-state index in [0.29, 0.717) is 29.7 Å². The van der Waals surface area contributed by atoms with Gasteiger partial charge in [0.15, 0.2) is 0 Å². The van der Waals surface area contributed by atoms with Gasteiger partial charge in [-0.1, -0.05) is 24.3 Å². The number of alkyl halides is 3. The summed E-state index contributed by atoms with van der Waals surface area (Å²) in [6.07, 6.45) is -2.05. The van der Waals surface area contributed by atoms with E-state index in [1.54, 1.807) is 6.07 Å². The molecule has 0 aliphatic rings. The van der Waals surface area contributed by atoms with Crippen LogP contribution in [0.4, 0.5) is 17.6 Å². The molecule has 3 rings (SSSR count). The molecule has 0 bridgehead atoms. The van der Waals surface area contributed by atoms with Crippen LogP contribution in [0, 0.1) is 5.82 Å². The molecule has 3 aromatic rings. The van der Waals surface area contributed by atoms with Crippen LogP contribution in [0.25, 0.3) is 22.2 Å². The fourth-order valence-electron chi connectivity index (χ4n) is 3.02. The molecule has 3 N–H and O–H groups in total. The first kappa shape index (κ1) is 17.5. The molecule has 2 aromatic carbocycles. The monoisotopic (exact) mass is 350 g/mol. The number of aryl methyl sites for hydroxylation is 1. The number of hydrogen-bond acceptors (Lipinski definition) is 1. The first-order chi connectivity index (χ1) is 11.9. The molecule has 0 saturated heterocycles. The summed E-state index contributed by atoms with van der Waals surface area (Å²) in [4.78, 5) is 3.05. The third-order valence-electron chi connectivity index (χ3n) is 4.27. The van der Waals surface area contributed by atoms with Crippen LogP contribution >= 0.6 is 0 Å². The van der Waals surface area contributed by atoms with E-state index in [1.807, 2.05) is 6.07 Å². The lowest BCUT2D eigenvalue weighted by molar-refractivity contribution is -0.137. The van der Waals surface area contributed by atoms with Gasteiger partial charge >= 0.3 is 6.18 Å². The normalized spacial score (nSPS) is 12.0. The number of halogens is 4. The van der Waals surface area contributed by atoms with Crippen molar-refractivity contribution in [1.82, 2.24) is 4.98 Å². The molecule has 0 spiro atoms. The number of aromatic amines is 1. The quantitative estimate of drug-likeness (QED) is 0.477. The molecular formula is C19H18F4N2. The van der Waals surface area contributed by atoms with E-state index in [0.717, 1.165) is 35.9 Å². The second-order valence-corrected chi connectivity index (χ2v) is 5.96. The number of para-hydroxylation sites is 1. The Hall–Kier alpha value is -2.34. The van der Waals surface area contributed by atoms with E-state index in [2.05, 4.69) is 4.98 Å². The summed E-state index contributed by atoms with van der Waals surface area (Å²) in [5, 5.41) is 0.756. The Balaban J connectivity index is 2.08. The number of unbranched alkanes of at least 4 members (excludes halogenated alkanes) is 1. The Kier molecular flexibility index (Phi) is 4.81. The molecule has 6 heteroatoms. The number of fused-ring (bicyclic) bond motifs is 1. The number of nitrogens with two attached hydrogens (primary N) is 1. The van der Waals surface area contributed by atoms with Crippen molar-refractivity contribution in [3.05, 3.63) is 59.4 Å². The van der Waals surface area contributed by atoms with Crippen LogP contribution in [-0.4, -0.2) is 11.5 Å². The second-order valence-electron chi connectivity index (χ2n) is 5.96. The maximum absolute atomic E-state index is 14.1. The molecule has 0 aliphatic carbocycles. The lowest BCUT2D eigenvalue weighted by Gasteiger charge is -2.09. The van der Waals surface area contributed by atoms with Gasteiger partial charge in [0.25, 0.3) is 0 Å². The smallest absolute Gasteiger partial charge is 0.352 e. The lowest BCUT2D eigenvalue weighted by Crippen LogP contribution is -2.04. The van der Waals surface area contributed by atoms with Crippen molar-refractivity contribution in [3.63, 3.8) is 0 Å². The Morgan fingerprint density at radius 3 is 2.32 bits per heavy atom. The summed E-state index contributed by atoms with van der Waals surface area (Å²) in [5.41, 5.74) is 7.37. The maximum atomic E-state index is 14.1. The molecule has 0 amide bonds. The Labute approximate surface area is 142 Å². The van der Waals surface area contributed by atoms with Gasteiger partial charge in [0, 0.05) is 11.1 Å². The first-order valence-electron chi connectivity index (χ1n) is 8.08. The number of nitrogens with one attached hydrogen (secondary N) is 1. The molecule has 0 fully saturated rings. The van der Waals surface area contributed by atoms with Crippen LogP contribution in [0.15, 0.2) is 42.5 Å². The summed E-state index contributed by atoms with van der Waals surface area (Å²) in [6, 6.07) is 9.73. The number of hydrogen-bond donors (Lipinski definition) is 2. The summed E-state index contributed by atoms with van der Waals surface area (Å²) in [5.74, 6) is -0.379. The predicted octanol–water partition coefficient (Wildman–Crippen LogP) is 5.27. The highest BCUT2D eigenvalue weighted by Gasteiger charge is 2.30. The molecule has 2 nitrogen and oxygen atoms in total. The number of H-pyrrole nitrogens is 1. The fourth-order valence-corrected chi connectivity index (χ4v) is 3.02. The Morgan fingerprint density at radius 2 is 1.68 bits per heavy atom.